The van der Waals surface area contributed by atoms with E-state index >= 15 is 0 Å². The molecule has 0 saturated heterocycles. The summed E-state index contributed by atoms with van der Waals surface area (Å²) < 4.78 is 30.9. The molecule has 0 fully saturated rings. The van der Waals surface area contributed by atoms with E-state index in [1.807, 2.05) is 18.2 Å². The standard InChI is InChI=1S/C18H16FN3O3S/c19-11-2-4-14-12(8-11)13(21-22-18(20)26)9-16(25-14)10-1-3-15-17(7-10)24-6-5-23-15/h1-4,7-8,16H,5-6,9H2,(H3,20,22,26)/b21-13-/t16-/m1/s1. The summed E-state index contributed by atoms with van der Waals surface area (Å²) in [7, 11) is 0. The van der Waals surface area contributed by atoms with E-state index in [-0.39, 0.29) is 17.0 Å². The van der Waals surface area contributed by atoms with E-state index in [9.17, 15) is 4.39 Å². The van der Waals surface area contributed by atoms with Crippen molar-refractivity contribution in [2.45, 2.75) is 12.5 Å². The maximum absolute atomic E-state index is 13.7. The third-order valence-corrected chi connectivity index (χ3v) is 4.23. The summed E-state index contributed by atoms with van der Waals surface area (Å²) in [4.78, 5) is 0. The zero-order chi connectivity index (χ0) is 18.1. The minimum Gasteiger partial charge on any atom is -0.486 e. The van der Waals surface area contributed by atoms with Crippen LogP contribution >= 0.6 is 12.2 Å². The first-order valence-electron chi connectivity index (χ1n) is 8.08. The fourth-order valence-electron chi connectivity index (χ4n) is 2.99. The molecule has 2 aromatic rings. The van der Waals surface area contributed by atoms with Crippen LogP contribution in [0.2, 0.25) is 0 Å². The van der Waals surface area contributed by atoms with Crippen molar-refractivity contribution in [1.29, 1.82) is 0 Å². The molecule has 0 amide bonds. The monoisotopic (exact) mass is 373 g/mol. The number of halogens is 1. The van der Waals surface area contributed by atoms with Gasteiger partial charge >= 0.3 is 0 Å². The van der Waals surface area contributed by atoms with Crippen molar-refractivity contribution in [3.8, 4) is 17.2 Å². The predicted octanol–water partition coefficient (Wildman–Crippen LogP) is 2.66. The Labute approximate surface area is 154 Å². The van der Waals surface area contributed by atoms with Crippen molar-refractivity contribution < 1.29 is 18.6 Å². The number of nitrogens with one attached hydrogen (secondary N) is 1. The Morgan fingerprint density at radius 3 is 2.69 bits per heavy atom. The molecule has 6 nitrogen and oxygen atoms in total. The number of rotatable bonds is 2. The largest absolute Gasteiger partial charge is 0.486 e. The first-order valence-corrected chi connectivity index (χ1v) is 8.49. The lowest BCUT2D eigenvalue weighted by molar-refractivity contribution is 0.169. The average Bonchev–Trinajstić information content (AvgIpc) is 2.65. The van der Waals surface area contributed by atoms with E-state index in [0.29, 0.717) is 48.2 Å². The second-order valence-electron chi connectivity index (χ2n) is 5.89. The van der Waals surface area contributed by atoms with Gasteiger partial charge in [0.2, 0.25) is 0 Å². The van der Waals surface area contributed by atoms with Gasteiger partial charge in [0.15, 0.2) is 16.6 Å². The molecule has 4 rings (SSSR count). The third kappa shape index (κ3) is 3.28. The molecule has 2 aliphatic heterocycles. The normalized spacial score (nSPS) is 19.4. The van der Waals surface area contributed by atoms with Gasteiger partial charge in [0, 0.05) is 12.0 Å². The number of nitrogens with two attached hydrogens (primary N) is 1. The highest BCUT2D eigenvalue weighted by molar-refractivity contribution is 7.80. The molecule has 26 heavy (non-hydrogen) atoms. The van der Waals surface area contributed by atoms with Crippen LogP contribution in [0, 0.1) is 5.82 Å². The zero-order valence-corrected chi connectivity index (χ0v) is 14.5. The van der Waals surface area contributed by atoms with Crippen LogP contribution in [-0.2, 0) is 0 Å². The van der Waals surface area contributed by atoms with Gasteiger partial charge in [-0.2, -0.15) is 5.10 Å². The van der Waals surface area contributed by atoms with Crippen LogP contribution in [-0.4, -0.2) is 24.0 Å². The minimum absolute atomic E-state index is 0.0397. The van der Waals surface area contributed by atoms with Gasteiger partial charge in [0.1, 0.15) is 30.9 Å². The van der Waals surface area contributed by atoms with Crippen molar-refractivity contribution in [2.24, 2.45) is 10.8 Å². The van der Waals surface area contributed by atoms with Crippen molar-refractivity contribution in [3.05, 3.63) is 53.3 Å². The quantitative estimate of drug-likeness (QED) is 0.623. The van der Waals surface area contributed by atoms with Gasteiger partial charge < -0.3 is 19.9 Å². The maximum atomic E-state index is 13.7. The lowest BCUT2D eigenvalue weighted by atomic mass is 9.95. The fourth-order valence-corrected chi connectivity index (χ4v) is 3.03. The highest BCUT2D eigenvalue weighted by atomic mass is 32.1. The molecular formula is C18H16FN3O3S. The lowest BCUT2D eigenvalue weighted by Gasteiger charge is -2.28. The number of hydrogen-bond donors (Lipinski definition) is 2. The molecule has 0 radical (unpaired) electrons. The molecule has 3 N–H and O–H groups in total. The number of hydrazone groups is 1. The van der Waals surface area contributed by atoms with Crippen LogP contribution < -0.4 is 25.4 Å². The van der Waals surface area contributed by atoms with Crippen LogP contribution in [0.4, 0.5) is 4.39 Å². The van der Waals surface area contributed by atoms with Gasteiger partial charge in [0.05, 0.1) is 5.71 Å². The number of hydrogen-bond acceptors (Lipinski definition) is 5. The Bertz CT molecular complexity index is 903. The van der Waals surface area contributed by atoms with Crippen molar-refractivity contribution in [3.63, 3.8) is 0 Å². The third-order valence-electron chi connectivity index (χ3n) is 4.14. The molecule has 134 valence electrons. The molecule has 8 heteroatoms. The predicted molar refractivity (Wildman–Crippen MR) is 98.3 cm³/mol. The zero-order valence-electron chi connectivity index (χ0n) is 13.7. The summed E-state index contributed by atoms with van der Waals surface area (Å²) in [6, 6.07) is 10.00. The van der Waals surface area contributed by atoms with Crippen LogP contribution in [0.3, 0.4) is 0 Å². The van der Waals surface area contributed by atoms with E-state index in [1.54, 1.807) is 6.07 Å². The lowest BCUT2D eigenvalue weighted by Crippen LogP contribution is -2.28. The van der Waals surface area contributed by atoms with Crippen molar-refractivity contribution in [1.82, 2.24) is 5.43 Å². The topological polar surface area (TPSA) is 78.1 Å². The molecule has 2 aliphatic rings. The molecule has 0 aromatic heterocycles. The second-order valence-corrected chi connectivity index (χ2v) is 6.33. The highest BCUT2D eigenvalue weighted by Gasteiger charge is 2.28. The van der Waals surface area contributed by atoms with Crippen molar-refractivity contribution in [2.75, 3.05) is 13.2 Å². The molecule has 0 bridgehead atoms. The minimum atomic E-state index is -0.367. The Morgan fingerprint density at radius 1 is 1.12 bits per heavy atom. The van der Waals surface area contributed by atoms with Gasteiger partial charge in [0.25, 0.3) is 0 Å². The fraction of sp³-hybridized carbons (Fsp3) is 0.222. The molecule has 2 heterocycles. The van der Waals surface area contributed by atoms with E-state index in [2.05, 4.69) is 10.5 Å². The molecule has 0 spiro atoms. The van der Waals surface area contributed by atoms with E-state index < -0.39 is 0 Å². The summed E-state index contributed by atoms with van der Waals surface area (Å²) in [6.07, 6.45) is 0.113. The van der Waals surface area contributed by atoms with Crippen LogP contribution in [0.25, 0.3) is 0 Å². The average molecular weight is 373 g/mol. The molecular weight excluding hydrogens is 357 g/mol. The van der Waals surface area contributed by atoms with E-state index in [4.69, 9.17) is 32.2 Å². The number of nitrogens with zero attached hydrogens (tertiary/aromatic N) is 1. The van der Waals surface area contributed by atoms with E-state index in [0.717, 1.165) is 5.56 Å². The SMILES string of the molecule is NC(=S)N/N=C1/C[C@H](c2ccc3c(c2)OCCO3)Oc2ccc(F)cc21. The molecule has 1 atom stereocenters. The second kappa shape index (κ2) is 6.80. The Kier molecular flexibility index (Phi) is 4.34. The van der Waals surface area contributed by atoms with Gasteiger partial charge in [-0.15, -0.1) is 0 Å². The molecule has 2 aromatic carbocycles. The maximum Gasteiger partial charge on any atom is 0.184 e. The van der Waals surface area contributed by atoms with Crippen LogP contribution in [0.15, 0.2) is 41.5 Å². The summed E-state index contributed by atoms with van der Waals surface area (Å²) in [6.45, 7) is 1.04. The van der Waals surface area contributed by atoms with Crippen molar-refractivity contribution >= 4 is 23.0 Å². The smallest absolute Gasteiger partial charge is 0.184 e. The first-order chi connectivity index (χ1) is 12.6. The summed E-state index contributed by atoms with van der Waals surface area (Å²) in [5.41, 5.74) is 10.1. The number of benzene rings is 2. The highest BCUT2D eigenvalue weighted by Crippen LogP contribution is 2.39. The van der Waals surface area contributed by atoms with Gasteiger partial charge in [-0.3, -0.25) is 5.43 Å². The molecule has 0 aliphatic carbocycles. The van der Waals surface area contributed by atoms with Crippen LogP contribution in [0.1, 0.15) is 23.7 Å². The number of thiocarbonyl (C=S) groups is 1. The van der Waals surface area contributed by atoms with E-state index in [1.165, 1.54) is 12.1 Å². The Morgan fingerprint density at radius 2 is 1.88 bits per heavy atom. The summed E-state index contributed by atoms with van der Waals surface area (Å²) in [5, 5.41) is 4.27. The number of ether oxygens (including phenoxy) is 3. The molecule has 0 saturated carbocycles. The molecule has 0 unspecified atom stereocenters. The van der Waals surface area contributed by atoms with Gasteiger partial charge in [-0.05, 0) is 48.1 Å². The summed E-state index contributed by atoms with van der Waals surface area (Å²) in [5.74, 6) is 1.57. The Balaban J connectivity index is 1.69. The first kappa shape index (κ1) is 16.6. The Hall–Kier alpha value is -2.87. The van der Waals surface area contributed by atoms with Crippen LogP contribution in [0.5, 0.6) is 17.2 Å². The van der Waals surface area contributed by atoms with Gasteiger partial charge in [-0.25, -0.2) is 4.39 Å². The number of fused-ring (bicyclic) bond motifs is 2. The van der Waals surface area contributed by atoms with Gasteiger partial charge in [-0.1, -0.05) is 6.07 Å². The summed E-state index contributed by atoms with van der Waals surface area (Å²) >= 11 is 4.80.